The van der Waals surface area contributed by atoms with Crippen LogP contribution in [-0.4, -0.2) is 55.6 Å². The monoisotopic (exact) mass is 763 g/mol. The van der Waals surface area contributed by atoms with Crippen molar-refractivity contribution in [1.29, 1.82) is 0 Å². The summed E-state index contributed by atoms with van der Waals surface area (Å²) in [6.07, 6.45) is 4.94. The smallest absolute Gasteiger partial charge is 0.268 e. The fourth-order valence-electron chi connectivity index (χ4n) is 8.23. The number of para-hydroxylation sites is 2. The van der Waals surface area contributed by atoms with Gasteiger partial charge in [-0.2, -0.15) is 0 Å². The van der Waals surface area contributed by atoms with Crippen LogP contribution in [0.5, 0.6) is 0 Å². The van der Waals surface area contributed by atoms with Crippen LogP contribution in [0.1, 0.15) is 66.5 Å². The predicted octanol–water partition coefficient (Wildman–Crippen LogP) is 8.04. The summed E-state index contributed by atoms with van der Waals surface area (Å²) >= 11 is 0.870. The third-order valence-electron chi connectivity index (χ3n) is 11.2. The molecule has 4 aliphatic rings. The van der Waals surface area contributed by atoms with Crippen LogP contribution in [0.15, 0.2) is 72.8 Å². The highest BCUT2D eigenvalue weighted by molar-refractivity contribution is 7.17. The summed E-state index contributed by atoms with van der Waals surface area (Å²) < 4.78 is 50.0. The van der Waals surface area contributed by atoms with E-state index in [0.717, 1.165) is 99.0 Å². The lowest BCUT2D eigenvalue weighted by Crippen LogP contribution is -2.59. The number of thiophene rings is 1. The predicted molar refractivity (Wildman–Crippen MR) is 205 cm³/mol. The van der Waals surface area contributed by atoms with E-state index in [0.29, 0.717) is 32.9 Å². The SMILES string of the molecule is O=C(Nc1ccc(C(=O)N2CCc3c(sc(C(=O)Nc4c(F)cccc4F)c3F)-c3ccccc32)cc1)c1cc2c(nc1N1CC3(CCOCC3)C1)CCC2. The van der Waals surface area contributed by atoms with Crippen molar-refractivity contribution in [2.24, 2.45) is 5.41 Å². The van der Waals surface area contributed by atoms with Crippen molar-refractivity contribution in [1.82, 2.24) is 4.98 Å². The molecule has 3 aliphatic heterocycles. The van der Waals surface area contributed by atoms with Crippen molar-refractivity contribution in [3.05, 3.63) is 123 Å². The van der Waals surface area contributed by atoms with Crippen LogP contribution >= 0.6 is 11.3 Å². The fourth-order valence-corrected chi connectivity index (χ4v) is 9.39. The zero-order valence-corrected chi connectivity index (χ0v) is 30.5. The van der Waals surface area contributed by atoms with Crippen LogP contribution in [0.4, 0.5) is 36.1 Å². The van der Waals surface area contributed by atoms with Gasteiger partial charge in [0.05, 0.1) is 11.3 Å². The lowest BCUT2D eigenvalue weighted by Gasteiger charge is -2.53. The zero-order valence-electron chi connectivity index (χ0n) is 29.7. The van der Waals surface area contributed by atoms with E-state index in [1.807, 2.05) is 6.07 Å². The number of rotatable bonds is 6. The van der Waals surface area contributed by atoms with Gasteiger partial charge in [-0.15, -0.1) is 11.3 Å². The number of ether oxygens (including phenoxy) is 1. The van der Waals surface area contributed by atoms with E-state index in [1.54, 1.807) is 53.4 Å². The van der Waals surface area contributed by atoms with Gasteiger partial charge in [-0.1, -0.05) is 24.3 Å². The number of nitrogens with zero attached hydrogens (tertiary/aromatic N) is 3. The van der Waals surface area contributed by atoms with Gasteiger partial charge in [0.25, 0.3) is 17.7 Å². The minimum absolute atomic E-state index is 0.0939. The largest absolute Gasteiger partial charge is 0.381 e. The molecule has 0 atom stereocenters. The van der Waals surface area contributed by atoms with Crippen LogP contribution in [0.25, 0.3) is 10.4 Å². The Bertz CT molecular complexity index is 2350. The average Bonchev–Trinajstić information content (AvgIpc) is 3.74. The number of aromatic nitrogens is 1. The lowest BCUT2D eigenvalue weighted by atomic mass is 9.73. The molecule has 0 unspecified atom stereocenters. The molecule has 3 amide bonds. The number of carbonyl (C=O) groups excluding carboxylic acids is 3. The molecule has 2 N–H and O–H groups in total. The van der Waals surface area contributed by atoms with Crippen molar-refractivity contribution >= 4 is 51.9 Å². The molecule has 0 bridgehead atoms. The van der Waals surface area contributed by atoms with Crippen LogP contribution in [0.2, 0.25) is 0 Å². The third kappa shape index (κ3) is 6.34. The Labute approximate surface area is 319 Å². The minimum atomic E-state index is -0.974. The average molecular weight is 764 g/mol. The molecule has 280 valence electrons. The molecular formula is C42H36F3N5O4S. The molecule has 5 heterocycles. The van der Waals surface area contributed by atoms with Gasteiger partial charge in [0, 0.05) is 71.2 Å². The first-order chi connectivity index (χ1) is 26.7. The standard InChI is InChI=1S/C42H36F3N5O4S/c43-30-7-4-8-31(44)35(30)48-40(52)37-34(45)28-15-18-50(33-10-2-1-6-27(33)36(28)55-37)41(53)24-11-13-26(14-12-24)46-39(51)29-21-25-5-3-9-32(25)47-38(29)49-22-42(23-49)16-19-54-20-17-42/h1-2,4,6-8,10-14,21H,3,5,9,15-20,22-23H2,(H,46,51)(H,48,52). The Balaban J connectivity index is 0.929. The van der Waals surface area contributed by atoms with Gasteiger partial charge in [0.1, 0.15) is 28.0 Å². The highest BCUT2D eigenvalue weighted by Crippen LogP contribution is 2.45. The lowest BCUT2D eigenvalue weighted by molar-refractivity contribution is -0.000521. The van der Waals surface area contributed by atoms with E-state index in [2.05, 4.69) is 15.5 Å². The number of fused-ring (bicyclic) bond motifs is 4. The molecule has 5 aromatic rings. The summed E-state index contributed by atoms with van der Waals surface area (Å²) in [6, 6.07) is 18.9. The molecule has 2 fully saturated rings. The Morgan fingerprint density at radius 2 is 1.58 bits per heavy atom. The second kappa shape index (κ2) is 14.0. The summed E-state index contributed by atoms with van der Waals surface area (Å²) in [5.41, 5.74) is 4.51. The second-order valence-electron chi connectivity index (χ2n) is 14.6. The molecule has 3 aromatic carbocycles. The Kier molecular flexibility index (Phi) is 8.93. The summed E-state index contributed by atoms with van der Waals surface area (Å²) in [5.74, 6) is -3.57. The van der Waals surface area contributed by atoms with E-state index in [1.165, 1.54) is 6.07 Å². The molecule has 2 aromatic heterocycles. The maximum absolute atomic E-state index is 15.9. The molecule has 55 heavy (non-hydrogen) atoms. The minimum Gasteiger partial charge on any atom is -0.381 e. The highest BCUT2D eigenvalue weighted by atomic mass is 32.1. The number of amides is 3. The van der Waals surface area contributed by atoms with Crippen molar-refractivity contribution in [2.75, 3.05) is 53.3 Å². The number of hydrogen-bond donors (Lipinski definition) is 2. The molecule has 0 saturated carbocycles. The van der Waals surface area contributed by atoms with E-state index in [9.17, 15) is 23.2 Å². The van der Waals surface area contributed by atoms with E-state index >= 15 is 4.39 Å². The molecule has 13 heteroatoms. The van der Waals surface area contributed by atoms with E-state index in [-0.39, 0.29) is 40.6 Å². The molecular weight excluding hydrogens is 728 g/mol. The van der Waals surface area contributed by atoms with Gasteiger partial charge in [-0.3, -0.25) is 14.4 Å². The number of aryl methyl sites for hydroxylation is 2. The number of benzene rings is 3. The summed E-state index contributed by atoms with van der Waals surface area (Å²) in [7, 11) is 0. The topological polar surface area (TPSA) is 104 Å². The first-order valence-electron chi connectivity index (χ1n) is 18.4. The normalized spacial score (nSPS) is 16.8. The van der Waals surface area contributed by atoms with Crippen LogP contribution in [0.3, 0.4) is 0 Å². The number of hydrogen-bond acceptors (Lipinski definition) is 7. The van der Waals surface area contributed by atoms with Gasteiger partial charge in [-0.05, 0) is 92.6 Å². The first-order valence-corrected chi connectivity index (χ1v) is 19.2. The quantitative estimate of drug-likeness (QED) is 0.182. The van der Waals surface area contributed by atoms with Gasteiger partial charge >= 0.3 is 0 Å². The van der Waals surface area contributed by atoms with Gasteiger partial charge in [0.2, 0.25) is 0 Å². The molecule has 1 aliphatic carbocycles. The molecule has 2 saturated heterocycles. The number of anilines is 4. The Hall–Kier alpha value is -5.53. The zero-order chi connectivity index (χ0) is 37.8. The van der Waals surface area contributed by atoms with Crippen LogP contribution < -0.4 is 20.4 Å². The molecule has 9 nitrogen and oxygen atoms in total. The van der Waals surface area contributed by atoms with Crippen molar-refractivity contribution in [3.8, 4) is 10.4 Å². The third-order valence-corrected chi connectivity index (χ3v) is 12.4. The number of carbonyl (C=O) groups is 3. The number of pyridine rings is 1. The molecule has 0 radical (unpaired) electrons. The van der Waals surface area contributed by atoms with Gasteiger partial charge in [0.15, 0.2) is 5.82 Å². The maximum Gasteiger partial charge on any atom is 0.268 e. The summed E-state index contributed by atoms with van der Waals surface area (Å²) in [5, 5.41) is 5.19. The Morgan fingerprint density at radius 3 is 2.35 bits per heavy atom. The number of halogens is 3. The van der Waals surface area contributed by atoms with Crippen molar-refractivity contribution in [2.45, 2.75) is 38.5 Å². The summed E-state index contributed by atoms with van der Waals surface area (Å²) in [6.45, 7) is 3.34. The van der Waals surface area contributed by atoms with E-state index < -0.39 is 29.0 Å². The van der Waals surface area contributed by atoms with Gasteiger partial charge in [-0.25, -0.2) is 18.2 Å². The maximum atomic E-state index is 15.9. The highest BCUT2D eigenvalue weighted by Gasteiger charge is 2.45. The summed E-state index contributed by atoms with van der Waals surface area (Å²) in [4.78, 5) is 49.9. The fraction of sp³-hybridized carbons (Fsp3) is 0.286. The van der Waals surface area contributed by atoms with E-state index in [4.69, 9.17) is 9.72 Å². The van der Waals surface area contributed by atoms with Crippen LogP contribution in [-0.2, 0) is 24.0 Å². The second-order valence-corrected chi connectivity index (χ2v) is 15.7. The van der Waals surface area contributed by atoms with Gasteiger partial charge < -0.3 is 25.2 Å². The van der Waals surface area contributed by atoms with Crippen molar-refractivity contribution in [3.63, 3.8) is 0 Å². The Morgan fingerprint density at radius 1 is 0.836 bits per heavy atom. The van der Waals surface area contributed by atoms with Crippen LogP contribution in [0, 0.1) is 22.9 Å². The molecule has 1 spiro atoms. The first kappa shape index (κ1) is 35.2. The number of nitrogens with one attached hydrogen (secondary N) is 2. The molecule has 9 rings (SSSR count). The van der Waals surface area contributed by atoms with Crippen molar-refractivity contribution < 1.29 is 32.3 Å².